The van der Waals surface area contributed by atoms with Crippen LogP contribution in [-0.2, 0) is 0 Å². The summed E-state index contributed by atoms with van der Waals surface area (Å²) in [6, 6.07) is 0. The topological polar surface area (TPSA) is 66.8 Å². The van der Waals surface area contributed by atoms with Crippen molar-refractivity contribution in [2.24, 2.45) is 20.0 Å². The number of aliphatic imine (C=N–C) groups is 5. The Morgan fingerprint density at radius 2 is 2.50 bits per heavy atom. The van der Waals surface area contributed by atoms with Gasteiger partial charge in [0, 0.05) is 0 Å². The van der Waals surface area contributed by atoms with E-state index in [2.05, 4.69) is 31.3 Å². The molecule has 0 saturated carbocycles. The van der Waals surface area contributed by atoms with Crippen LogP contribution in [0.2, 0.25) is 0 Å². The number of nitrogens with zero attached hydrogens (tertiary/aromatic N) is 6. The first-order chi connectivity index (χ1) is 5.97. The van der Waals surface area contributed by atoms with Gasteiger partial charge in [-0.05, 0) is 0 Å². The summed E-state index contributed by atoms with van der Waals surface area (Å²) >= 11 is 0. The molecule has 0 N–H and O–H groups in total. The third-order valence-electron chi connectivity index (χ3n) is 1.26. The Bertz CT molecular complexity index is 310. The summed E-state index contributed by atoms with van der Waals surface area (Å²) in [4.78, 5) is 20.7. The SMILES string of the molecule is [C]1=NC=NCN1C1=NC=NC=[N+]1. The van der Waals surface area contributed by atoms with Crippen molar-refractivity contribution in [3.8, 4) is 0 Å². The molecule has 12 heavy (non-hydrogen) atoms. The Morgan fingerprint density at radius 3 is 3.17 bits per heavy atom. The van der Waals surface area contributed by atoms with E-state index in [4.69, 9.17) is 0 Å². The smallest absolute Gasteiger partial charge is 0.240 e. The van der Waals surface area contributed by atoms with E-state index in [1.807, 2.05) is 0 Å². The highest BCUT2D eigenvalue weighted by Gasteiger charge is 2.18. The Labute approximate surface area is 68.8 Å². The van der Waals surface area contributed by atoms with Crippen molar-refractivity contribution in [3.05, 3.63) is 0 Å². The second kappa shape index (κ2) is 3.04. The first-order valence-corrected chi connectivity index (χ1v) is 3.30. The van der Waals surface area contributed by atoms with Crippen LogP contribution in [0, 0.1) is 0 Å². The largest absolute Gasteiger partial charge is 0.390 e. The lowest BCUT2D eigenvalue weighted by atomic mass is 10.7. The Kier molecular flexibility index (Phi) is 1.73. The average molecular weight is 161 g/mol. The molecule has 0 aromatic heterocycles. The summed E-state index contributed by atoms with van der Waals surface area (Å²) in [6.45, 7) is 0.452. The van der Waals surface area contributed by atoms with Crippen LogP contribution in [-0.4, -0.2) is 42.9 Å². The maximum Gasteiger partial charge on any atom is 0.390 e. The van der Waals surface area contributed by atoms with Gasteiger partial charge in [-0.1, -0.05) is 9.98 Å². The number of rotatable bonds is 0. The molecule has 2 rings (SSSR count). The van der Waals surface area contributed by atoms with Crippen LogP contribution in [0.1, 0.15) is 0 Å². The van der Waals surface area contributed by atoms with E-state index in [9.17, 15) is 0 Å². The second-order valence-corrected chi connectivity index (χ2v) is 2.03. The van der Waals surface area contributed by atoms with Crippen molar-refractivity contribution >= 4 is 31.3 Å². The van der Waals surface area contributed by atoms with Gasteiger partial charge in [0.1, 0.15) is 6.34 Å². The van der Waals surface area contributed by atoms with Gasteiger partial charge in [0.15, 0.2) is 6.67 Å². The Morgan fingerprint density at radius 1 is 1.50 bits per heavy atom. The molecule has 6 heteroatoms. The predicted octanol–water partition coefficient (Wildman–Crippen LogP) is -1.04. The minimum atomic E-state index is 0.452. The Hall–Kier alpha value is -1.85. The third kappa shape index (κ3) is 1.26. The van der Waals surface area contributed by atoms with Crippen LogP contribution in [0.15, 0.2) is 20.0 Å². The molecule has 0 bridgehead atoms. The van der Waals surface area contributed by atoms with E-state index >= 15 is 0 Å². The van der Waals surface area contributed by atoms with Crippen molar-refractivity contribution < 1.29 is 0 Å². The minimum Gasteiger partial charge on any atom is -0.240 e. The highest BCUT2D eigenvalue weighted by atomic mass is 15.3. The minimum absolute atomic E-state index is 0.452. The molecule has 0 atom stereocenters. The van der Waals surface area contributed by atoms with Crippen LogP contribution in [0.4, 0.5) is 0 Å². The molecule has 0 aliphatic carbocycles. The monoisotopic (exact) mass is 161 g/mol. The highest BCUT2D eigenvalue weighted by molar-refractivity contribution is 6.01. The van der Waals surface area contributed by atoms with Crippen LogP contribution in [0.3, 0.4) is 0 Å². The standard InChI is InChI=1S/C6H5N6/c1-8-4-12(5-9-1)6-10-2-7-3-11-6/h1-3H,4H2/q+1. The zero-order valence-electron chi connectivity index (χ0n) is 6.12. The summed E-state index contributed by atoms with van der Waals surface area (Å²) in [7, 11) is 0. The molecule has 0 fully saturated rings. The van der Waals surface area contributed by atoms with Gasteiger partial charge in [-0.2, -0.15) is 0 Å². The number of hydrogen-bond donors (Lipinski definition) is 0. The lowest BCUT2D eigenvalue weighted by Gasteiger charge is -2.08. The predicted molar refractivity (Wildman–Crippen MR) is 46.8 cm³/mol. The van der Waals surface area contributed by atoms with Crippen molar-refractivity contribution in [2.75, 3.05) is 6.67 Å². The quantitative estimate of drug-likeness (QED) is 0.447. The van der Waals surface area contributed by atoms with Crippen molar-refractivity contribution in [2.45, 2.75) is 0 Å². The lowest BCUT2D eigenvalue weighted by Crippen LogP contribution is -2.35. The highest BCUT2D eigenvalue weighted by Crippen LogP contribution is 1.91. The molecule has 2 heterocycles. The zero-order chi connectivity index (χ0) is 8.23. The van der Waals surface area contributed by atoms with Gasteiger partial charge in [0.25, 0.3) is 0 Å². The van der Waals surface area contributed by atoms with Gasteiger partial charge in [0.2, 0.25) is 19.0 Å². The Balaban J connectivity index is 2.15. The van der Waals surface area contributed by atoms with Gasteiger partial charge < -0.3 is 0 Å². The fraction of sp³-hybridized carbons (Fsp3) is 0.167. The summed E-state index contributed by atoms with van der Waals surface area (Å²) in [5.74, 6) is 0.505. The fourth-order valence-electron chi connectivity index (χ4n) is 0.767. The zero-order valence-corrected chi connectivity index (χ0v) is 6.12. The number of hydrogen-bond acceptors (Lipinski definition) is 6. The molecule has 0 spiro atoms. The van der Waals surface area contributed by atoms with Crippen LogP contribution < -0.4 is 4.99 Å². The van der Waals surface area contributed by atoms with Gasteiger partial charge in [-0.25, -0.2) is 14.9 Å². The van der Waals surface area contributed by atoms with Crippen LogP contribution in [0.25, 0.3) is 0 Å². The average Bonchev–Trinajstić information content (AvgIpc) is 2.21. The molecule has 6 nitrogen and oxygen atoms in total. The van der Waals surface area contributed by atoms with E-state index in [1.54, 1.807) is 4.90 Å². The van der Waals surface area contributed by atoms with E-state index in [1.165, 1.54) is 19.0 Å². The molecular formula is C6H5N6+. The van der Waals surface area contributed by atoms with E-state index < -0.39 is 0 Å². The molecule has 0 aromatic carbocycles. The van der Waals surface area contributed by atoms with Gasteiger partial charge in [-0.15, -0.1) is 4.99 Å². The fourth-order valence-corrected chi connectivity index (χ4v) is 0.767. The molecular weight excluding hydrogens is 156 g/mol. The molecule has 2 radical (unpaired) electrons. The summed E-state index contributed by atoms with van der Waals surface area (Å²) in [5.41, 5.74) is 0. The van der Waals surface area contributed by atoms with E-state index in [0.29, 0.717) is 12.6 Å². The van der Waals surface area contributed by atoms with Crippen LogP contribution in [0.5, 0.6) is 0 Å². The lowest BCUT2D eigenvalue weighted by molar-refractivity contribution is 0.625. The first-order valence-electron chi connectivity index (χ1n) is 3.30. The van der Waals surface area contributed by atoms with Crippen molar-refractivity contribution in [1.82, 2.24) is 9.89 Å². The molecule has 2 aliphatic heterocycles. The number of guanidine groups is 1. The van der Waals surface area contributed by atoms with Crippen molar-refractivity contribution in [3.63, 3.8) is 0 Å². The summed E-state index contributed by atoms with van der Waals surface area (Å²) < 4.78 is 0. The molecule has 2 aliphatic rings. The normalized spacial score (nSPS) is 20.0. The van der Waals surface area contributed by atoms with Gasteiger partial charge in [-0.3, -0.25) is 0 Å². The van der Waals surface area contributed by atoms with Crippen LogP contribution >= 0.6 is 0 Å². The maximum atomic E-state index is 3.91. The molecule has 0 unspecified atom stereocenters. The summed E-state index contributed by atoms with van der Waals surface area (Å²) in [6.07, 6.45) is 6.97. The van der Waals surface area contributed by atoms with Crippen molar-refractivity contribution in [1.29, 1.82) is 0 Å². The van der Waals surface area contributed by atoms with Gasteiger partial charge >= 0.3 is 5.96 Å². The molecule has 0 amide bonds. The van der Waals surface area contributed by atoms with E-state index in [0.717, 1.165) is 0 Å². The molecule has 0 saturated heterocycles. The van der Waals surface area contributed by atoms with Gasteiger partial charge in [0.05, 0.1) is 0 Å². The second-order valence-electron chi connectivity index (χ2n) is 2.03. The van der Waals surface area contributed by atoms with E-state index in [-0.39, 0.29) is 0 Å². The molecule has 0 aromatic rings. The third-order valence-corrected chi connectivity index (χ3v) is 1.26. The molecule has 58 valence electrons. The maximum absolute atomic E-state index is 3.91. The first kappa shape index (κ1) is 6.84. The summed E-state index contributed by atoms with van der Waals surface area (Å²) in [5, 5.41) is 0.